The molecule has 1 fully saturated rings. The Balaban J connectivity index is 1.84. The summed E-state index contributed by atoms with van der Waals surface area (Å²) in [5.74, 6) is -1.21. The Labute approximate surface area is 192 Å². The molecule has 1 aromatic heterocycles. The van der Waals surface area contributed by atoms with Crippen LogP contribution in [0.5, 0.6) is 0 Å². The summed E-state index contributed by atoms with van der Waals surface area (Å²) in [6.07, 6.45) is 3.29. The molecule has 0 spiro atoms. The molecule has 2 aromatic carbocycles. The van der Waals surface area contributed by atoms with E-state index in [-0.39, 0.29) is 17.9 Å². The van der Waals surface area contributed by atoms with Crippen LogP contribution in [0, 0.1) is 0 Å². The molecule has 0 saturated carbocycles. The van der Waals surface area contributed by atoms with Gasteiger partial charge in [-0.15, -0.1) is 0 Å². The van der Waals surface area contributed by atoms with Crippen molar-refractivity contribution in [1.82, 2.24) is 9.88 Å². The van der Waals surface area contributed by atoms with E-state index in [9.17, 15) is 14.7 Å². The summed E-state index contributed by atoms with van der Waals surface area (Å²) in [7, 11) is 0. The largest absolute Gasteiger partial charge is 0.507 e. The average Bonchev–Trinajstić information content (AvgIpc) is 3.05. The smallest absolute Gasteiger partial charge is 0.295 e. The molecule has 0 radical (unpaired) electrons. The van der Waals surface area contributed by atoms with Gasteiger partial charge in [-0.2, -0.15) is 0 Å². The average molecular weight is 447 g/mol. The number of hydrogen-bond acceptors (Lipinski definition) is 4. The predicted molar refractivity (Wildman–Crippen MR) is 124 cm³/mol. The van der Waals surface area contributed by atoms with Gasteiger partial charge in [0.2, 0.25) is 0 Å². The van der Waals surface area contributed by atoms with Gasteiger partial charge < -0.3 is 10.0 Å². The van der Waals surface area contributed by atoms with Crippen molar-refractivity contribution in [3.8, 4) is 0 Å². The lowest BCUT2D eigenvalue weighted by atomic mass is 9.93. The van der Waals surface area contributed by atoms with Crippen molar-refractivity contribution in [2.24, 2.45) is 0 Å². The van der Waals surface area contributed by atoms with Crippen LogP contribution in [-0.4, -0.2) is 26.7 Å². The molecular formula is C26H23ClN2O3. The van der Waals surface area contributed by atoms with Gasteiger partial charge in [-0.3, -0.25) is 14.6 Å². The van der Waals surface area contributed by atoms with E-state index in [2.05, 4.69) is 18.8 Å². The number of carbonyl (C=O) groups is 2. The molecule has 162 valence electrons. The first-order valence-corrected chi connectivity index (χ1v) is 10.8. The van der Waals surface area contributed by atoms with Crippen LogP contribution < -0.4 is 0 Å². The molecule has 5 nitrogen and oxygen atoms in total. The van der Waals surface area contributed by atoms with E-state index in [0.717, 1.165) is 16.7 Å². The minimum Gasteiger partial charge on any atom is -0.507 e. The zero-order valence-electron chi connectivity index (χ0n) is 17.8. The predicted octanol–water partition coefficient (Wildman–Crippen LogP) is 5.48. The Morgan fingerprint density at radius 1 is 1.00 bits per heavy atom. The summed E-state index contributed by atoms with van der Waals surface area (Å²) in [5, 5.41) is 11.6. The van der Waals surface area contributed by atoms with Crippen LogP contribution in [0.4, 0.5) is 0 Å². The second kappa shape index (κ2) is 8.97. The van der Waals surface area contributed by atoms with E-state index in [1.807, 2.05) is 24.3 Å². The van der Waals surface area contributed by atoms with E-state index in [1.54, 1.807) is 48.8 Å². The number of likely N-dealkylation sites (tertiary alicyclic amines) is 1. The number of hydrogen-bond donors (Lipinski definition) is 1. The monoisotopic (exact) mass is 446 g/mol. The molecule has 1 amide bonds. The lowest BCUT2D eigenvalue weighted by Crippen LogP contribution is -2.29. The van der Waals surface area contributed by atoms with Crippen molar-refractivity contribution in [1.29, 1.82) is 0 Å². The summed E-state index contributed by atoms with van der Waals surface area (Å²) in [6, 6.07) is 17.3. The fourth-order valence-corrected chi connectivity index (χ4v) is 4.03. The normalized spacial score (nSPS) is 17.9. The Morgan fingerprint density at radius 2 is 1.62 bits per heavy atom. The Bertz CT molecular complexity index is 1170. The lowest BCUT2D eigenvalue weighted by Gasteiger charge is -2.25. The summed E-state index contributed by atoms with van der Waals surface area (Å²) in [5.41, 5.74) is 3.26. The molecular weight excluding hydrogens is 424 g/mol. The molecule has 4 rings (SSSR count). The highest BCUT2D eigenvalue weighted by Crippen LogP contribution is 2.40. The molecule has 6 heteroatoms. The standard InChI is InChI=1S/C26H23ClN2O3/c1-16(2)18-3-5-19(6-4-18)23-22(24(30)20-7-9-21(27)10-8-20)25(31)26(32)29(23)15-17-11-13-28-14-12-17/h3-14,16,23,30H,15H2,1-2H3/b24-22-. The van der Waals surface area contributed by atoms with Crippen LogP contribution in [0.25, 0.3) is 5.76 Å². The van der Waals surface area contributed by atoms with Crippen molar-refractivity contribution in [2.75, 3.05) is 0 Å². The number of Topliss-reactive ketones (excluding diaryl/α,β-unsaturated/α-hetero) is 1. The molecule has 1 atom stereocenters. The van der Waals surface area contributed by atoms with Crippen LogP contribution in [-0.2, 0) is 16.1 Å². The molecule has 0 aliphatic carbocycles. The minimum absolute atomic E-state index is 0.0728. The van der Waals surface area contributed by atoms with Crippen molar-refractivity contribution in [2.45, 2.75) is 32.4 Å². The van der Waals surface area contributed by atoms with Gasteiger partial charge in [-0.25, -0.2) is 0 Å². The topological polar surface area (TPSA) is 70.5 Å². The quantitative estimate of drug-likeness (QED) is 0.320. The molecule has 1 aliphatic heterocycles. The number of aliphatic hydroxyl groups excluding tert-OH is 1. The van der Waals surface area contributed by atoms with Crippen molar-refractivity contribution in [3.05, 3.63) is 106 Å². The number of carbonyl (C=O) groups excluding carboxylic acids is 2. The number of aliphatic hydroxyl groups is 1. The first-order chi connectivity index (χ1) is 15.4. The molecule has 2 heterocycles. The summed E-state index contributed by atoms with van der Waals surface area (Å²) in [4.78, 5) is 31.7. The van der Waals surface area contributed by atoms with Crippen LogP contribution in [0.15, 0.2) is 78.6 Å². The zero-order valence-corrected chi connectivity index (χ0v) is 18.6. The summed E-state index contributed by atoms with van der Waals surface area (Å²) < 4.78 is 0. The maximum Gasteiger partial charge on any atom is 0.295 e. The number of aromatic nitrogens is 1. The van der Waals surface area contributed by atoms with Gasteiger partial charge >= 0.3 is 0 Å². The van der Waals surface area contributed by atoms with Gasteiger partial charge in [0.1, 0.15) is 5.76 Å². The Hall–Kier alpha value is -3.44. The second-order valence-electron chi connectivity index (χ2n) is 8.11. The molecule has 32 heavy (non-hydrogen) atoms. The van der Waals surface area contributed by atoms with E-state index in [4.69, 9.17) is 11.6 Å². The Kier molecular flexibility index (Phi) is 6.10. The van der Waals surface area contributed by atoms with Gasteiger partial charge in [0.15, 0.2) is 0 Å². The van der Waals surface area contributed by atoms with Gasteiger partial charge in [-0.1, -0.05) is 49.7 Å². The SMILES string of the molecule is CC(C)c1ccc(C2/C(=C(/O)c3ccc(Cl)cc3)C(=O)C(=O)N2Cc2ccncc2)cc1. The zero-order chi connectivity index (χ0) is 22.8. The Morgan fingerprint density at radius 3 is 2.22 bits per heavy atom. The van der Waals surface area contributed by atoms with Crippen LogP contribution in [0.2, 0.25) is 5.02 Å². The molecule has 1 unspecified atom stereocenters. The van der Waals surface area contributed by atoms with Gasteiger partial charge in [0, 0.05) is 29.5 Å². The maximum atomic E-state index is 13.1. The van der Waals surface area contributed by atoms with Gasteiger partial charge in [0.05, 0.1) is 11.6 Å². The number of rotatable bonds is 5. The number of nitrogens with zero attached hydrogens (tertiary/aromatic N) is 2. The van der Waals surface area contributed by atoms with E-state index in [1.165, 1.54) is 4.90 Å². The molecule has 1 aliphatic rings. The number of pyridine rings is 1. The highest BCUT2D eigenvalue weighted by molar-refractivity contribution is 6.46. The fraction of sp³-hybridized carbons (Fsp3) is 0.192. The molecule has 0 bridgehead atoms. The number of benzene rings is 2. The number of halogens is 1. The molecule has 3 aromatic rings. The third-order valence-electron chi connectivity index (χ3n) is 5.68. The molecule has 1 N–H and O–H groups in total. The van der Waals surface area contributed by atoms with Crippen LogP contribution >= 0.6 is 11.6 Å². The second-order valence-corrected chi connectivity index (χ2v) is 8.55. The maximum absolute atomic E-state index is 13.1. The number of amides is 1. The minimum atomic E-state index is -0.708. The van der Waals surface area contributed by atoms with Crippen molar-refractivity contribution < 1.29 is 14.7 Å². The highest BCUT2D eigenvalue weighted by Gasteiger charge is 2.46. The third kappa shape index (κ3) is 4.16. The lowest BCUT2D eigenvalue weighted by molar-refractivity contribution is -0.140. The van der Waals surface area contributed by atoms with Crippen LogP contribution in [0.3, 0.4) is 0 Å². The van der Waals surface area contributed by atoms with E-state index >= 15 is 0 Å². The third-order valence-corrected chi connectivity index (χ3v) is 5.93. The van der Waals surface area contributed by atoms with E-state index in [0.29, 0.717) is 16.5 Å². The first kappa shape index (κ1) is 21.8. The fourth-order valence-electron chi connectivity index (χ4n) is 3.90. The van der Waals surface area contributed by atoms with E-state index < -0.39 is 17.7 Å². The van der Waals surface area contributed by atoms with Crippen LogP contribution in [0.1, 0.15) is 48.1 Å². The summed E-state index contributed by atoms with van der Waals surface area (Å²) >= 11 is 5.97. The van der Waals surface area contributed by atoms with Crippen molar-refractivity contribution in [3.63, 3.8) is 0 Å². The summed E-state index contributed by atoms with van der Waals surface area (Å²) in [6.45, 7) is 4.43. The number of ketones is 1. The highest BCUT2D eigenvalue weighted by atomic mass is 35.5. The first-order valence-electron chi connectivity index (χ1n) is 10.4. The van der Waals surface area contributed by atoms with Crippen molar-refractivity contribution >= 4 is 29.1 Å². The van der Waals surface area contributed by atoms with Gasteiger partial charge in [-0.05, 0) is 59.0 Å². The molecule has 1 saturated heterocycles. The van der Waals surface area contributed by atoms with Gasteiger partial charge in [0.25, 0.3) is 11.7 Å².